The van der Waals surface area contributed by atoms with Gasteiger partial charge >= 0.3 is 0 Å². The van der Waals surface area contributed by atoms with Gasteiger partial charge in [-0.2, -0.15) is 0 Å². The number of aromatic nitrogens is 3. The number of halogens is 1. The molecule has 158 valence electrons. The fourth-order valence-corrected chi connectivity index (χ4v) is 4.95. The standard InChI is InChI=1S/C23H21FN4O2S/c24-16-9-3-5-11-18(16)28-22(30)21-20(15-8-2-4-10-17(15)25-21)26-23(28)31-14-19(29)27-12-6-1-7-13-27/h2-5,8-11,25H,1,6-7,12-14H2. The number of nitrogens with one attached hydrogen (secondary N) is 1. The monoisotopic (exact) mass is 436 g/mol. The Balaban J connectivity index is 1.63. The van der Waals surface area contributed by atoms with Gasteiger partial charge in [-0.1, -0.05) is 42.1 Å². The van der Waals surface area contributed by atoms with E-state index in [0.717, 1.165) is 43.3 Å². The number of hydrogen-bond acceptors (Lipinski definition) is 4. The number of para-hydroxylation sites is 2. The van der Waals surface area contributed by atoms with Gasteiger partial charge in [0.25, 0.3) is 5.56 Å². The lowest BCUT2D eigenvalue weighted by Crippen LogP contribution is -2.36. The number of H-pyrrole nitrogens is 1. The number of thioether (sulfide) groups is 1. The molecule has 4 aromatic rings. The molecule has 3 heterocycles. The van der Waals surface area contributed by atoms with Crippen molar-refractivity contribution in [3.8, 4) is 5.69 Å². The van der Waals surface area contributed by atoms with E-state index in [0.29, 0.717) is 16.2 Å². The molecule has 1 saturated heterocycles. The van der Waals surface area contributed by atoms with E-state index in [4.69, 9.17) is 4.98 Å². The van der Waals surface area contributed by atoms with Crippen LogP contribution in [-0.4, -0.2) is 44.2 Å². The highest BCUT2D eigenvalue weighted by molar-refractivity contribution is 7.99. The highest BCUT2D eigenvalue weighted by Gasteiger charge is 2.21. The van der Waals surface area contributed by atoms with Gasteiger partial charge in [-0.3, -0.25) is 14.2 Å². The second-order valence-corrected chi connectivity index (χ2v) is 8.55. The topological polar surface area (TPSA) is 71.0 Å². The highest BCUT2D eigenvalue weighted by atomic mass is 32.2. The first kappa shape index (κ1) is 19.8. The van der Waals surface area contributed by atoms with E-state index < -0.39 is 5.82 Å². The Labute approximate surface area is 182 Å². The number of carbonyl (C=O) groups excluding carboxylic acids is 1. The molecule has 0 spiro atoms. The Morgan fingerprint density at radius 2 is 1.81 bits per heavy atom. The van der Waals surface area contributed by atoms with Gasteiger partial charge in [0.05, 0.1) is 11.4 Å². The molecule has 8 heteroatoms. The van der Waals surface area contributed by atoms with Crippen molar-refractivity contribution >= 4 is 39.6 Å². The fourth-order valence-electron chi connectivity index (χ4n) is 4.05. The molecule has 0 unspecified atom stereocenters. The lowest BCUT2D eigenvalue weighted by Gasteiger charge is -2.26. The fraction of sp³-hybridized carbons (Fsp3) is 0.261. The average molecular weight is 437 g/mol. The van der Waals surface area contributed by atoms with Crippen molar-refractivity contribution in [3.63, 3.8) is 0 Å². The first-order valence-corrected chi connectivity index (χ1v) is 11.3. The van der Waals surface area contributed by atoms with Crippen molar-refractivity contribution in [2.24, 2.45) is 0 Å². The zero-order valence-corrected chi connectivity index (χ0v) is 17.6. The molecule has 1 N–H and O–H groups in total. The summed E-state index contributed by atoms with van der Waals surface area (Å²) in [6.45, 7) is 1.52. The number of hydrogen-bond donors (Lipinski definition) is 1. The van der Waals surface area contributed by atoms with Crippen LogP contribution in [0.3, 0.4) is 0 Å². The van der Waals surface area contributed by atoms with Crippen molar-refractivity contribution in [1.29, 1.82) is 0 Å². The predicted octanol–water partition coefficient (Wildman–Crippen LogP) is 4.11. The second-order valence-electron chi connectivity index (χ2n) is 7.61. The van der Waals surface area contributed by atoms with Crippen LogP contribution in [0.1, 0.15) is 19.3 Å². The molecule has 0 bridgehead atoms. The number of likely N-dealkylation sites (tertiary alicyclic amines) is 1. The first-order chi connectivity index (χ1) is 15.1. The smallest absolute Gasteiger partial charge is 0.283 e. The summed E-state index contributed by atoms with van der Waals surface area (Å²) < 4.78 is 15.9. The molecule has 31 heavy (non-hydrogen) atoms. The summed E-state index contributed by atoms with van der Waals surface area (Å²) in [7, 11) is 0. The predicted molar refractivity (Wildman–Crippen MR) is 120 cm³/mol. The van der Waals surface area contributed by atoms with E-state index in [1.54, 1.807) is 18.2 Å². The average Bonchev–Trinajstić information content (AvgIpc) is 3.18. The van der Waals surface area contributed by atoms with E-state index in [2.05, 4.69) is 4.98 Å². The van der Waals surface area contributed by atoms with Gasteiger partial charge in [-0.05, 0) is 37.5 Å². The minimum absolute atomic E-state index is 0.0121. The van der Waals surface area contributed by atoms with E-state index in [9.17, 15) is 14.0 Å². The summed E-state index contributed by atoms with van der Waals surface area (Å²) in [5.74, 6) is -0.362. The summed E-state index contributed by atoms with van der Waals surface area (Å²) in [6, 6.07) is 13.6. The molecule has 6 nitrogen and oxygen atoms in total. The van der Waals surface area contributed by atoms with Gasteiger partial charge < -0.3 is 9.88 Å². The van der Waals surface area contributed by atoms with Crippen LogP contribution in [0.4, 0.5) is 4.39 Å². The molecule has 2 aromatic heterocycles. The largest absolute Gasteiger partial charge is 0.349 e. The quantitative estimate of drug-likeness (QED) is 0.386. The van der Waals surface area contributed by atoms with Crippen molar-refractivity contribution in [3.05, 3.63) is 64.7 Å². The second kappa shape index (κ2) is 8.19. The zero-order valence-electron chi connectivity index (χ0n) is 16.8. The summed E-state index contributed by atoms with van der Waals surface area (Å²) in [4.78, 5) is 35.8. The Morgan fingerprint density at radius 1 is 1.06 bits per heavy atom. The number of fused-ring (bicyclic) bond motifs is 3. The maximum Gasteiger partial charge on any atom is 0.283 e. The number of carbonyl (C=O) groups is 1. The van der Waals surface area contributed by atoms with Gasteiger partial charge in [0.1, 0.15) is 16.9 Å². The normalized spacial score (nSPS) is 14.4. The Morgan fingerprint density at radius 3 is 2.61 bits per heavy atom. The summed E-state index contributed by atoms with van der Waals surface area (Å²) >= 11 is 1.17. The Bertz CT molecular complexity index is 1340. The van der Waals surface area contributed by atoms with Crippen LogP contribution in [0.5, 0.6) is 0 Å². The minimum Gasteiger partial charge on any atom is -0.349 e. The number of aromatic amines is 1. The van der Waals surface area contributed by atoms with Crippen molar-refractivity contribution in [1.82, 2.24) is 19.4 Å². The van der Waals surface area contributed by atoms with E-state index in [1.807, 2.05) is 29.2 Å². The molecule has 2 aromatic carbocycles. The number of rotatable bonds is 4. The van der Waals surface area contributed by atoms with E-state index in [-0.39, 0.29) is 22.9 Å². The summed E-state index contributed by atoms with van der Waals surface area (Å²) in [5, 5.41) is 1.12. The molecule has 1 amide bonds. The third kappa shape index (κ3) is 3.61. The van der Waals surface area contributed by atoms with Crippen molar-refractivity contribution < 1.29 is 9.18 Å². The lowest BCUT2D eigenvalue weighted by atomic mass is 10.1. The summed E-state index contributed by atoms with van der Waals surface area (Å²) in [5.41, 5.74) is 1.36. The van der Waals surface area contributed by atoms with Gasteiger partial charge in [0, 0.05) is 24.0 Å². The molecule has 0 atom stereocenters. The van der Waals surface area contributed by atoms with Gasteiger partial charge in [-0.15, -0.1) is 0 Å². The molecule has 1 fully saturated rings. The number of piperidine rings is 1. The van der Waals surface area contributed by atoms with Crippen LogP contribution in [0, 0.1) is 5.82 Å². The van der Waals surface area contributed by atoms with Crippen LogP contribution < -0.4 is 5.56 Å². The first-order valence-electron chi connectivity index (χ1n) is 10.3. The van der Waals surface area contributed by atoms with E-state index >= 15 is 0 Å². The van der Waals surface area contributed by atoms with Crippen molar-refractivity contribution in [2.45, 2.75) is 24.4 Å². The third-order valence-electron chi connectivity index (χ3n) is 5.62. The highest BCUT2D eigenvalue weighted by Crippen LogP contribution is 2.27. The molecular formula is C23H21FN4O2S. The molecule has 0 aliphatic carbocycles. The van der Waals surface area contributed by atoms with Gasteiger partial charge in [-0.25, -0.2) is 9.37 Å². The molecule has 1 aliphatic heterocycles. The number of amides is 1. The van der Waals surface area contributed by atoms with Crippen LogP contribution in [0.2, 0.25) is 0 Å². The Kier molecular flexibility index (Phi) is 5.23. The lowest BCUT2D eigenvalue weighted by molar-refractivity contribution is -0.129. The summed E-state index contributed by atoms with van der Waals surface area (Å²) in [6.07, 6.45) is 3.16. The maximum atomic E-state index is 14.6. The minimum atomic E-state index is -0.522. The number of benzene rings is 2. The van der Waals surface area contributed by atoms with Crippen LogP contribution in [0.15, 0.2) is 58.5 Å². The van der Waals surface area contributed by atoms with Crippen LogP contribution >= 0.6 is 11.8 Å². The molecule has 5 rings (SSSR count). The van der Waals surface area contributed by atoms with Gasteiger partial charge in [0.15, 0.2) is 5.16 Å². The Hall–Kier alpha value is -3.13. The number of nitrogens with zero attached hydrogens (tertiary/aromatic N) is 3. The molecule has 1 aliphatic rings. The van der Waals surface area contributed by atoms with Crippen LogP contribution in [0.25, 0.3) is 27.6 Å². The van der Waals surface area contributed by atoms with Gasteiger partial charge in [0.2, 0.25) is 5.91 Å². The molecule has 0 radical (unpaired) electrons. The van der Waals surface area contributed by atoms with Crippen molar-refractivity contribution in [2.75, 3.05) is 18.8 Å². The molecule has 0 saturated carbocycles. The maximum absolute atomic E-state index is 14.6. The zero-order chi connectivity index (χ0) is 21.4. The molecular weight excluding hydrogens is 415 g/mol. The van der Waals surface area contributed by atoms with Crippen LogP contribution in [-0.2, 0) is 4.79 Å². The van der Waals surface area contributed by atoms with E-state index in [1.165, 1.54) is 22.4 Å². The SMILES string of the molecule is O=C(CSc1nc2c([nH]c3ccccc32)c(=O)n1-c1ccccc1F)N1CCCCC1. The third-order valence-corrected chi connectivity index (χ3v) is 6.54.